The van der Waals surface area contributed by atoms with Gasteiger partial charge in [0.15, 0.2) is 12.4 Å². The van der Waals surface area contributed by atoms with Crippen LogP contribution < -0.4 is 5.32 Å². The van der Waals surface area contributed by atoms with E-state index in [9.17, 15) is 35.1 Å². The smallest absolute Gasteiger partial charge is 0.306 e. The third-order valence-corrected chi connectivity index (χ3v) is 14.0. The molecule has 0 radical (unpaired) electrons. The van der Waals surface area contributed by atoms with Gasteiger partial charge in [0.2, 0.25) is 5.91 Å². The fourth-order valence-corrected chi connectivity index (χ4v) is 9.04. The summed E-state index contributed by atoms with van der Waals surface area (Å²) in [6, 6.07) is -1.05. The molecular formula is C68H113NO10. The number of hydrogen-bond donors (Lipinski definition) is 6. The molecule has 0 saturated carbocycles. The highest BCUT2D eigenvalue weighted by atomic mass is 16.7. The molecule has 0 aromatic carbocycles. The average Bonchev–Trinajstić information content (AvgIpc) is 3.49. The minimum Gasteiger partial charge on any atom is -0.454 e. The molecule has 1 aliphatic rings. The molecule has 0 spiro atoms. The van der Waals surface area contributed by atoms with Crippen LogP contribution in [0.5, 0.6) is 0 Å². The first kappa shape index (κ1) is 73.1. The van der Waals surface area contributed by atoms with E-state index in [1.165, 1.54) is 89.9 Å². The van der Waals surface area contributed by atoms with Crippen molar-refractivity contribution in [3.05, 3.63) is 122 Å². The molecule has 1 rings (SSSR count). The van der Waals surface area contributed by atoms with Crippen LogP contribution in [0, 0.1) is 0 Å². The topological polar surface area (TPSA) is 175 Å². The molecular weight excluding hydrogens is 991 g/mol. The number of aliphatic hydroxyl groups is 5. The van der Waals surface area contributed by atoms with Crippen LogP contribution >= 0.6 is 0 Å². The molecule has 0 bridgehead atoms. The summed E-state index contributed by atoms with van der Waals surface area (Å²) in [6.45, 7) is 5.58. The van der Waals surface area contributed by atoms with Gasteiger partial charge in [0.1, 0.15) is 24.4 Å². The minimum absolute atomic E-state index is 0.0645. The van der Waals surface area contributed by atoms with Crippen LogP contribution in [0.15, 0.2) is 122 Å². The summed E-state index contributed by atoms with van der Waals surface area (Å²) in [6.07, 6.45) is 65.1. The van der Waals surface area contributed by atoms with E-state index >= 15 is 0 Å². The Morgan fingerprint density at radius 2 is 0.962 bits per heavy atom. The molecule has 6 N–H and O–H groups in total. The van der Waals surface area contributed by atoms with Gasteiger partial charge in [0.05, 0.1) is 25.4 Å². The largest absolute Gasteiger partial charge is 0.454 e. The van der Waals surface area contributed by atoms with Gasteiger partial charge in [-0.05, 0) is 83.5 Å². The van der Waals surface area contributed by atoms with Gasteiger partial charge in [-0.2, -0.15) is 0 Å². The van der Waals surface area contributed by atoms with E-state index in [4.69, 9.17) is 14.2 Å². The fourth-order valence-electron chi connectivity index (χ4n) is 9.04. The lowest BCUT2D eigenvalue weighted by Gasteiger charge is -2.41. The average molecular weight is 1100 g/mol. The van der Waals surface area contributed by atoms with Crippen LogP contribution in [0.3, 0.4) is 0 Å². The van der Waals surface area contributed by atoms with Crippen molar-refractivity contribution >= 4 is 11.9 Å². The Balaban J connectivity index is 2.73. The molecule has 8 unspecified atom stereocenters. The van der Waals surface area contributed by atoms with E-state index in [2.05, 4.69) is 74.7 Å². The molecule has 11 nitrogen and oxygen atoms in total. The third kappa shape index (κ3) is 42.6. The molecule has 0 aromatic rings. The van der Waals surface area contributed by atoms with Crippen molar-refractivity contribution in [3.8, 4) is 0 Å². The van der Waals surface area contributed by atoms with Gasteiger partial charge in [-0.3, -0.25) is 9.59 Å². The summed E-state index contributed by atoms with van der Waals surface area (Å²) in [7, 11) is 0. The first-order valence-corrected chi connectivity index (χ1v) is 31.4. The molecule has 1 fully saturated rings. The Kier molecular flexibility index (Phi) is 50.5. The number of allylic oxidation sites excluding steroid dienone is 19. The molecule has 0 aromatic heterocycles. The molecule has 1 saturated heterocycles. The molecule has 1 amide bonds. The minimum atomic E-state index is -1.64. The number of ether oxygens (including phenoxy) is 3. The predicted octanol–water partition coefficient (Wildman–Crippen LogP) is 15.1. The number of nitrogens with one attached hydrogen (secondary N) is 1. The van der Waals surface area contributed by atoms with E-state index in [1.807, 2.05) is 66.8 Å². The number of rotatable bonds is 51. The highest BCUT2D eigenvalue weighted by Gasteiger charge is 2.47. The van der Waals surface area contributed by atoms with Crippen molar-refractivity contribution in [2.24, 2.45) is 0 Å². The highest BCUT2D eigenvalue weighted by Crippen LogP contribution is 2.26. The Hall–Kier alpha value is -3.94. The maximum absolute atomic E-state index is 13.4. The van der Waals surface area contributed by atoms with Gasteiger partial charge < -0.3 is 45.1 Å². The van der Waals surface area contributed by atoms with Gasteiger partial charge in [-0.15, -0.1) is 0 Å². The second-order valence-electron chi connectivity index (χ2n) is 21.2. The third-order valence-electron chi connectivity index (χ3n) is 14.0. The first-order valence-electron chi connectivity index (χ1n) is 31.4. The van der Waals surface area contributed by atoms with Gasteiger partial charge in [-0.1, -0.05) is 264 Å². The fraction of sp³-hybridized carbons (Fsp3) is 0.676. The van der Waals surface area contributed by atoms with E-state index in [-0.39, 0.29) is 19.4 Å². The second-order valence-corrected chi connectivity index (χ2v) is 21.2. The van der Waals surface area contributed by atoms with Crippen molar-refractivity contribution in [2.75, 3.05) is 13.2 Å². The molecule has 11 heteroatoms. The van der Waals surface area contributed by atoms with Crippen molar-refractivity contribution < 1.29 is 49.3 Å². The predicted molar refractivity (Wildman–Crippen MR) is 328 cm³/mol. The molecule has 79 heavy (non-hydrogen) atoms. The Labute approximate surface area is 480 Å². The zero-order valence-electron chi connectivity index (χ0n) is 49.7. The quantitative estimate of drug-likeness (QED) is 0.0149. The SMILES string of the molecule is CC\C=C/C=C/C=C/C=C\C=C\C=C\CCCCCC(=O)OC1C(OCC(NC(=O)C(O)CCCCCCCCC/C=C\C/C=C\C/C=C\CCCCC)C(O)/C=C/CCCCCCCCCCCCC)OC(CO)C(O)C1O. The number of unbranched alkanes of at least 4 members (excludes halogenated alkanes) is 24. The lowest BCUT2D eigenvalue weighted by Crippen LogP contribution is -2.61. The second kappa shape index (κ2) is 54.6. The zero-order valence-corrected chi connectivity index (χ0v) is 49.7. The number of carbonyl (C=O) groups is 2. The molecule has 1 aliphatic heterocycles. The number of aliphatic hydroxyl groups excluding tert-OH is 5. The summed E-state index contributed by atoms with van der Waals surface area (Å²) in [5, 5.41) is 57.0. The number of hydrogen-bond acceptors (Lipinski definition) is 10. The van der Waals surface area contributed by atoms with Crippen LogP contribution in [0.2, 0.25) is 0 Å². The monoisotopic (exact) mass is 1100 g/mol. The maximum Gasteiger partial charge on any atom is 0.306 e. The van der Waals surface area contributed by atoms with Crippen LogP contribution in [0.25, 0.3) is 0 Å². The van der Waals surface area contributed by atoms with Crippen molar-refractivity contribution in [1.82, 2.24) is 5.32 Å². The van der Waals surface area contributed by atoms with Crippen LogP contribution in [0.1, 0.15) is 233 Å². The summed E-state index contributed by atoms with van der Waals surface area (Å²) in [5.41, 5.74) is 0. The summed E-state index contributed by atoms with van der Waals surface area (Å²) in [5.74, 6) is -1.26. The Morgan fingerprint density at radius 1 is 0.519 bits per heavy atom. The molecule has 450 valence electrons. The molecule has 0 aliphatic carbocycles. The lowest BCUT2D eigenvalue weighted by atomic mass is 9.99. The standard InChI is InChI=1S/C68H113NO10/c1-4-7-10-13-16-19-22-25-27-29-30-31-33-34-37-40-43-46-49-52-55-61(72)67(76)69-59(60(71)54-51-48-45-42-39-36-24-21-18-15-12-9-6-3)58-77-68-66(65(75)64(74)62(57-70)78-68)79-63(73)56-53-50-47-44-41-38-35-32-28-26-23-20-17-14-11-8-5-2/h8,11,14,16-17,19-20,23,25-28,30-32,35,38,41,51,54,59-62,64-66,68,70-72,74-75H,4-7,9-10,12-13,15,18,21-22,24,29,33-34,36-37,39-40,42-50,52-53,55-58H2,1-3H3,(H,69,76)/b11-8-,17-14+,19-16-,23-20+,27-25-,28-26-,31-30-,35-32+,41-38+,54-51+. The van der Waals surface area contributed by atoms with Crippen molar-refractivity contribution in [1.29, 1.82) is 0 Å². The van der Waals surface area contributed by atoms with E-state index in [1.54, 1.807) is 6.08 Å². The van der Waals surface area contributed by atoms with Crippen LogP contribution in [-0.2, 0) is 23.8 Å². The number of esters is 1. The van der Waals surface area contributed by atoms with E-state index in [0.717, 1.165) is 96.3 Å². The van der Waals surface area contributed by atoms with Crippen molar-refractivity contribution in [2.45, 2.75) is 282 Å². The number of amides is 1. The summed E-state index contributed by atoms with van der Waals surface area (Å²) in [4.78, 5) is 26.6. The summed E-state index contributed by atoms with van der Waals surface area (Å²) >= 11 is 0. The maximum atomic E-state index is 13.4. The van der Waals surface area contributed by atoms with Gasteiger partial charge in [0, 0.05) is 6.42 Å². The molecule has 8 atom stereocenters. The van der Waals surface area contributed by atoms with E-state index < -0.39 is 67.4 Å². The highest BCUT2D eigenvalue weighted by molar-refractivity contribution is 5.80. The Bertz CT molecular complexity index is 1740. The van der Waals surface area contributed by atoms with Crippen LogP contribution in [0.4, 0.5) is 0 Å². The Morgan fingerprint density at radius 3 is 1.51 bits per heavy atom. The van der Waals surface area contributed by atoms with Crippen LogP contribution in [-0.4, -0.2) is 99.6 Å². The normalized spacial score (nSPS) is 19.7. The van der Waals surface area contributed by atoms with Gasteiger partial charge >= 0.3 is 5.97 Å². The molecule has 1 heterocycles. The lowest BCUT2D eigenvalue weighted by molar-refractivity contribution is -0.305. The summed E-state index contributed by atoms with van der Waals surface area (Å²) < 4.78 is 17.6. The van der Waals surface area contributed by atoms with Crippen molar-refractivity contribution in [3.63, 3.8) is 0 Å². The van der Waals surface area contributed by atoms with E-state index in [0.29, 0.717) is 12.8 Å². The zero-order chi connectivity index (χ0) is 57.5. The van der Waals surface area contributed by atoms with Gasteiger partial charge in [-0.25, -0.2) is 0 Å². The number of carbonyl (C=O) groups excluding carboxylic acids is 2. The van der Waals surface area contributed by atoms with Gasteiger partial charge in [0.25, 0.3) is 0 Å². The first-order chi connectivity index (χ1) is 38.7.